The average molecular weight is 450 g/mol. The number of aromatic nitrogens is 2. The normalized spacial score (nSPS) is 13.8. The molecule has 0 radical (unpaired) electrons. The number of hydrogen-bond donors (Lipinski definition) is 1. The molecule has 2 aromatic carbocycles. The highest BCUT2D eigenvalue weighted by Crippen LogP contribution is 2.37. The first-order valence-electron chi connectivity index (χ1n) is 8.94. The summed E-state index contributed by atoms with van der Waals surface area (Å²) in [5.41, 5.74) is 2.57. The lowest BCUT2D eigenvalue weighted by atomic mass is 10.1. The molecule has 1 aliphatic heterocycles. The van der Waals surface area contributed by atoms with Crippen molar-refractivity contribution in [1.29, 1.82) is 0 Å². The monoisotopic (exact) mass is 450 g/mol. The van der Waals surface area contributed by atoms with E-state index in [1.165, 1.54) is 36.0 Å². The first-order chi connectivity index (χ1) is 14.3. The molecule has 0 spiro atoms. The number of nitro benzene ring substituents is 1. The lowest BCUT2D eigenvalue weighted by molar-refractivity contribution is -0.385. The molecule has 2 heterocycles. The minimum Gasteiger partial charge on any atom is -0.467 e. The van der Waals surface area contributed by atoms with E-state index in [-0.39, 0.29) is 24.0 Å². The molecule has 0 saturated carbocycles. The molecule has 0 aliphatic carbocycles. The van der Waals surface area contributed by atoms with Gasteiger partial charge < -0.3 is 14.0 Å². The molecule has 1 aliphatic rings. The molecule has 2 N–H and O–H groups in total. The maximum absolute atomic E-state index is 11.6. The van der Waals surface area contributed by atoms with Crippen molar-refractivity contribution in [2.45, 2.75) is 35.9 Å². The molecule has 0 unspecified atom stereocenters. The molecule has 0 amide bonds. The first-order valence-corrected chi connectivity index (χ1v) is 11.5. The Kier molecular flexibility index (Phi) is 5.40. The molecule has 1 aromatic heterocycles. The van der Waals surface area contributed by atoms with Crippen LogP contribution < -0.4 is 9.88 Å². The van der Waals surface area contributed by atoms with Gasteiger partial charge in [-0.1, -0.05) is 11.8 Å². The van der Waals surface area contributed by atoms with Gasteiger partial charge in [-0.15, -0.1) is 0 Å². The van der Waals surface area contributed by atoms with Gasteiger partial charge in [-0.05, 0) is 25.1 Å². The molecule has 0 atom stereocenters. The number of primary sulfonamides is 1. The maximum atomic E-state index is 11.6. The summed E-state index contributed by atoms with van der Waals surface area (Å²) in [5, 5.41) is 17.2. The quantitative estimate of drug-likeness (QED) is 0.343. The number of rotatable bonds is 6. The Balaban J connectivity index is 1.70. The topological polar surface area (TPSA) is 140 Å². The van der Waals surface area contributed by atoms with E-state index in [0.717, 1.165) is 5.52 Å². The van der Waals surface area contributed by atoms with E-state index in [2.05, 4.69) is 4.98 Å². The van der Waals surface area contributed by atoms with Crippen LogP contribution in [0.15, 0.2) is 40.4 Å². The van der Waals surface area contributed by atoms with Crippen molar-refractivity contribution >= 4 is 38.5 Å². The third kappa shape index (κ3) is 3.86. The second kappa shape index (κ2) is 7.87. The van der Waals surface area contributed by atoms with Crippen LogP contribution in [0.3, 0.4) is 0 Å². The predicted molar refractivity (Wildman–Crippen MR) is 110 cm³/mol. The van der Waals surface area contributed by atoms with E-state index in [1.807, 2.05) is 11.5 Å². The number of imidazole rings is 1. The van der Waals surface area contributed by atoms with Crippen molar-refractivity contribution in [1.82, 2.24) is 9.55 Å². The molecule has 0 saturated heterocycles. The van der Waals surface area contributed by atoms with Gasteiger partial charge in [-0.2, -0.15) is 0 Å². The van der Waals surface area contributed by atoms with Gasteiger partial charge in [0, 0.05) is 35.6 Å². The maximum Gasteiger partial charge on any atom is 0.270 e. The molecule has 4 rings (SSSR count). The van der Waals surface area contributed by atoms with Crippen molar-refractivity contribution < 1.29 is 22.8 Å². The molecule has 30 heavy (non-hydrogen) atoms. The van der Waals surface area contributed by atoms with Crippen LogP contribution in [-0.4, -0.2) is 29.7 Å². The van der Waals surface area contributed by atoms with Gasteiger partial charge in [0.05, 0.1) is 27.5 Å². The lowest BCUT2D eigenvalue weighted by Gasteiger charge is -2.20. The number of benzene rings is 2. The van der Waals surface area contributed by atoms with Crippen molar-refractivity contribution in [2.75, 3.05) is 6.79 Å². The molecular weight excluding hydrogens is 432 g/mol. The molecule has 10 nitrogen and oxygen atoms in total. The highest BCUT2D eigenvalue weighted by atomic mass is 32.2. The lowest BCUT2D eigenvalue weighted by Crippen LogP contribution is -2.13. The van der Waals surface area contributed by atoms with E-state index in [0.29, 0.717) is 39.8 Å². The number of nitro groups is 1. The number of nitrogens with two attached hydrogens (primary N) is 1. The second-order valence-electron chi connectivity index (χ2n) is 6.58. The average Bonchev–Trinajstić information content (AvgIpc) is 3.07. The number of fused-ring (bicyclic) bond motifs is 2. The van der Waals surface area contributed by atoms with Gasteiger partial charge in [0.1, 0.15) is 5.75 Å². The molecule has 0 fully saturated rings. The Bertz CT molecular complexity index is 1260. The van der Waals surface area contributed by atoms with Crippen LogP contribution in [0.4, 0.5) is 5.69 Å². The Morgan fingerprint density at radius 2 is 2.13 bits per heavy atom. The largest absolute Gasteiger partial charge is 0.467 e. The van der Waals surface area contributed by atoms with E-state index in [1.54, 1.807) is 6.07 Å². The summed E-state index contributed by atoms with van der Waals surface area (Å²) in [6.07, 6.45) is 0. The van der Waals surface area contributed by atoms with E-state index in [9.17, 15) is 18.5 Å². The fourth-order valence-electron chi connectivity index (χ4n) is 3.32. The summed E-state index contributed by atoms with van der Waals surface area (Å²) < 4.78 is 36.0. The number of non-ortho nitro benzene ring substituents is 1. The van der Waals surface area contributed by atoms with Crippen LogP contribution in [0.2, 0.25) is 0 Å². The van der Waals surface area contributed by atoms with Crippen LogP contribution in [0.5, 0.6) is 5.75 Å². The zero-order valence-electron chi connectivity index (χ0n) is 15.9. The molecular formula is C18H18N4O6S2. The zero-order chi connectivity index (χ0) is 21.5. The highest BCUT2D eigenvalue weighted by molar-refractivity contribution is 7.98. The van der Waals surface area contributed by atoms with Crippen molar-refractivity contribution in [3.05, 3.63) is 51.6 Å². The van der Waals surface area contributed by atoms with Gasteiger partial charge in [0.25, 0.3) is 5.69 Å². The van der Waals surface area contributed by atoms with Gasteiger partial charge in [0.2, 0.25) is 10.0 Å². The van der Waals surface area contributed by atoms with E-state index < -0.39 is 14.9 Å². The standard InChI is InChI=1S/C18H18N4O6S2/c1-2-21-16-4-3-14(30(19,25)26)7-15(16)20-18(21)29-9-12-6-13(22(23)24)5-11-8-27-10-28-17(11)12/h3-7H,2,8-10H2,1H3,(H2,19,25,26). The van der Waals surface area contributed by atoms with Crippen molar-refractivity contribution in [2.24, 2.45) is 5.14 Å². The Morgan fingerprint density at radius 3 is 2.83 bits per heavy atom. The predicted octanol–water partition coefficient (Wildman–Crippen LogP) is 2.77. The molecule has 0 bridgehead atoms. The SMILES string of the molecule is CCn1c(SCc2cc([N+](=O)[O-])cc3c2OCOC3)nc2cc(S(N)(=O)=O)ccc21. The van der Waals surface area contributed by atoms with Crippen molar-refractivity contribution in [3.63, 3.8) is 0 Å². The Morgan fingerprint density at radius 1 is 1.33 bits per heavy atom. The molecule has 12 heteroatoms. The van der Waals surface area contributed by atoms with Gasteiger partial charge in [-0.3, -0.25) is 10.1 Å². The van der Waals surface area contributed by atoms with Crippen LogP contribution >= 0.6 is 11.8 Å². The number of hydrogen-bond acceptors (Lipinski definition) is 8. The van der Waals surface area contributed by atoms with E-state index in [4.69, 9.17) is 14.6 Å². The highest BCUT2D eigenvalue weighted by Gasteiger charge is 2.22. The number of sulfonamides is 1. The summed E-state index contributed by atoms with van der Waals surface area (Å²) >= 11 is 1.38. The third-order valence-electron chi connectivity index (χ3n) is 4.67. The molecule has 158 valence electrons. The number of ether oxygens (including phenoxy) is 2. The van der Waals surface area contributed by atoms with Crippen molar-refractivity contribution in [3.8, 4) is 5.75 Å². The minimum atomic E-state index is -3.83. The van der Waals surface area contributed by atoms with Gasteiger partial charge >= 0.3 is 0 Å². The first kappa shape index (κ1) is 20.6. The fourth-order valence-corrected chi connectivity index (χ4v) is 4.89. The smallest absolute Gasteiger partial charge is 0.270 e. The fraction of sp³-hybridized carbons (Fsp3) is 0.278. The number of nitrogens with zero attached hydrogens (tertiary/aromatic N) is 3. The van der Waals surface area contributed by atoms with Crippen LogP contribution in [-0.2, 0) is 33.7 Å². The van der Waals surface area contributed by atoms with Crippen LogP contribution in [0.1, 0.15) is 18.1 Å². The Labute approximate surface area is 176 Å². The van der Waals surface area contributed by atoms with Crippen LogP contribution in [0, 0.1) is 10.1 Å². The minimum absolute atomic E-state index is 0.00606. The third-order valence-corrected chi connectivity index (χ3v) is 6.60. The van der Waals surface area contributed by atoms with E-state index >= 15 is 0 Å². The van der Waals surface area contributed by atoms with Crippen LogP contribution in [0.25, 0.3) is 11.0 Å². The number of thioether (sulfide) groups is 1. The van der Waals surface area contributed by atoms with Gasteiger partial charge in [0.15, 0.2) is 11.9 Å². The van der Waals surface area contributed by atoms with Gasteiger partial charge in [-0.25, -0.2) is 18.5 Å². The summed E-state index contributed by atoms with van der Waals surface area (Å²) in [4.78, 5) is 15.4. The summed E-state index contributed by atoms with van der Waals surface area (Å²) in [6, 6.07) is 7.51. The number of aryl methyl sites for hydroxylation is 1. The Hall–Kier alpha value is -2.67. The summed E-state index contributed by atoms with van der Waals surface area (Å²) in [6.45, 7) is 2.91. The summed E-state index contributed by atoms with van der Waals surface area (Å²) in [7, 11) is -3.83. The zero-order valence-corrected chi connectivity index (χ0v) is 17.5. The summed E-state index contributed by atoms with van der Waals surface area (Å²) in [5.74, 6) is 0.977. The molecule has 3 aromatic rings. The second-order valence-corrected chi connectivity index (χ2v) is 9.09.